The van der Waals surface area contributed by atoms with Gasteiger partial charge in [0.25, 0.3) is 0 Å². The summed E-state index contributed by atoms with van der Waals surface area (Å²) in [6.45, 7) is -1.78. The first-order chi connectivity index (χ1) is 29.9. The number of aliphatic carboxylic acids is 1. The first-order valence-electron chi connectivity index (χ1n) is 19.5. The maximum atomic E-state index is 12.5. The number of carboxylic acid groups (broad SMARTS) is 1. The number of benzene rings is 1. The summed E-state index contributed by atoms with van der Waals surface area (Å²) in [4.78, 5) is 36.7. The van der Waals surface area contributed by atoms with Crippen molar-refractivity contribution in [3.8, 4) is 0 Å². The van der Waals surface area contributed by atoms with Gasteiger partial charge in [0.15, 0.2) is 24.8 Å². The van der Waals surface area contributed by atoms with Crippen molar-refractivity contribution < 1.29 is 108 Å². The zero-order valence-corrected chi connectivity index (χ0v) is 37.0. The molecule has 3 aliphatic rings. The second-order valence-corrected chi connectivity index (χ2v) is 19.8. The van der Waals surface area contributed by atoms with Crippen LogP contribution in [0.25, 0.3) is 0 Å². The molecule has 3 aliphatic heterocycles. The minimum absolute atomic E-state index is 0.185. The highest BCUT2D eigenvalue weighted by Gasteiger charge is 2.55. The Hall–Kier alpha value is -2.57. The smallest absolute Gasteiger partial charge is 0.397 e. The van der Waals surface area contributed by atoms with Crippen LogP contribution in [-0.2, 0) is 62.5 Å². The van der Waals surface area contributed by atoms with Crippen molar-refractivity contribution in [1.82, 2.24) is 5.32 Å². The first-order valence-corrected chi connectivity index (χ1v) is 24.6. The Labute approximate surface area is 374 Å². The number of aliphatic hydroxyl groups is 7. The third-order valence-electron chi connectivity index (χ3n) is 9.88. The van der Waals surface area contributed by atoms with E-state index in [4.69, 9.17) is 23.5 Å². The van der Waals surface area contributed by atoms with Gasteiger partial charge in [-0.05, 0) is 37.5 Å². The van der Waals surface area contributed by atoms with Gasteiger partial charge in [-0.2, -0.15) is 16.8 Å². The average molecular weight is 1000 g/mol. The van der Waals surface area contributed by atoms with E-state index in [1.54, 1.807) is 24.3 Å². The molecular weight excluding hydrogens is 947 g/mol. The summed E-state index contributed by atoms with van der Waals surface area (Å²) in [6, 6.07) is 4.56. The summed E-state index contributed by atoms with van der Waals surface area (Å²) in [6.07, 6.45) is -24.6. The van der Waals surface area contributed by atoms with Gasteiger partial charge in [-0.15, -0.1) is 0 Å². The Morgan fingerprint density at radius 1 is 0.891 bits per heavy atom. The monoisotopic (exact) mass is 999 g/mol. The average Bonchev–Trinajstić information content (AvgIpc) is 3.74. The molecule has 0 bridgehead atoms. The lowest BCUT2D eigenvalue weighted by Gasteiger charge is -2.47. The summed E-state index contributed by atoms with van der Waals surface area (Å²) in [5, 5.41) is 93.1. The number of nitrogens with one attached hydrogen (secondary N) is 3. The Morgan fingerprint density at radius 3 is 2.20 bits per heavy atom. The number of aliphatic hydroxyl groups excluding tert-OH is 7. The van der Waals surface area contributed by atoms with E-state index >= 15 is 0 Å². The first kappa shape index (κ1) is 54.0. The molecule has 64 heavy (non-hydrogen) atoms. The Bertz CT molecular complexity index is 1910. The Kier molecular flexibility index (Phi) is 20.6. The van der Waals surface area contributed by atoms with Gasteiger partial charge >= 0.3 is 26.8 Å². The summed E-state index contributed by atoms with van der Waals surface area (Å²) in [5.41, 5.74) is 0.856. The molecule has 15 atom stereocenters. The van der Waals surface area contributed by atoms with E-state index in [1.807, 2.05) is 21.6 Å². The third kappa shape index (κ3) is 16.6. The number of carbonyl (C=O) groups is 3. The van der Waals surface area contributed by atoms with E-state index in [0.29, 0.717) is 23.0 Å². The molecule has 13 N–H and O–H groups in total. The van der Waals surface area contributed by atoms with Crippen molar-refractivity contribution in [2.45, 2.75) is 130 Å². The van der Waals surface area contributed by atoms with Crippen LogP contribution >= 0.6 is 21.6 Å². The number of amides is 2. The second-order valence-electron chi connectivity index (χ2n) is 14.8. The summed E-state index contributed by atoms with van der Waals surface area (Å²) in [5.74, 6) is -1.92. The number of hydrogen-bond acceptors (Lipinski definition) is 23. The molecule has 0 radical (unpaired) electrons. The van der Waals surface area contributed by atoms with Crippen LogP contribution in [0.3, 0.4) is 0 Å². The maximum Gasteiger partial charge on any atom is 0.397 e. The highest BCUT2D eigenvalue weighted by Crippen LogP contribution is 2.40. The highest BCUT2D eigenvalue weighted by molar-refractivity contribution is 8.77. The molecule has 0 spiro atoms. The summed E-state index contributed by atoms with van der Waals surface area (Å²) >= 11 is 0. The van der Waals surface area contributed by atoms with Gasteiger partial charge in [0.1, 0.15) is 54.9 Å². The zero-order valence-electron chi connectivity index (χ0n) is 33.7. The lowest BCUT2D eigenvalue weighted by Crippen LogP contribution is -2.68. The molecule has 1 aromatic rings. The minimum atomic E-state index is -5.54. The van der Waals surface area contributed by atoms with Gasteiger partial charge in [-0.25, -0.2) is 13.2 Å². The van der Waals surface area contributed by atoms with E-state index in [2.05, 4.69) is 24.3 Å². The topological polar surface area (TPSA) is 413 Å². The molecule has 1 aromatic carbocycles. The molecule has 1 unspecified atom stereocenters. The van der Waals surface area contributed by atoms with Crippen LogP contribution in [-0.4, -0.2) is 201 Å². The van der Waals surface area contributed by atoms with Crippen LogP contribution in [0.5, 0.6) is 0 Å². The number of carboxylic acids is 1. The number of rotatable bonds is 24. The van der Waals surface area contributed by atoms with Gasteiger partial charge < -0.3 is 75.8 Å². The molecule has 30 heteroatoms. The Balaban J connectivity index is 1.42. The fourth-order valence-electron chi connectivity index (χ4n) is 6.69. The lowest BCUT2D eigenvalue weighted by atomic mass is 9.95. The predicted octanol–water partition coefficient (Wildman–Crippen LogP) is -3.27. The highest BCUT2D eigenvalue weighted by atomic mass is 33.1. The number of anilines is 2. The number of carbonyl (C=O) groups excluding carboxylic acids is 2. The largest absolute Gasteiger partial charge is 0.479 e. The van der Waals surface area contributed by atoms with Crippen LogP contribution in [0.1, 0.15) is 39.0 Å². The molecule has 4 rings (SSSR count). The molecule has 3 saturated heterocycles. The van der Waals surface area contributed by atoms with E-state index in [9.17, 15) is 76.6 Å². The van der Waals surface area contributed by atoms with Crippen molar-refractivity contribution >= 4 is 71.5 Å². The summed E-state index contributed by atoms with van der Waals surface area (Å²) < 4.78 is 95.0. The number of unbranched alkanes of at least 4 members (excludes halogenated alkanes) is 1. The van der Waals surface area contributed by atoms with Gasteiger partial charge in [0, 0.05) is 42.3 Å². The molecule has 0 saturated carbocycles. The van der Waals surface area contributed by atoms with Crippen LogP contribution < -0.4 is 16.0 Å². The van der Waals surface area contributed by atoms with Gasteiger partial charge in [-0.1, -0.05) is 34.1 Å². The lowest BCUT2D eigenvalue weighted by molar-refractivity contribution is -0.338. The number of ether oxygens (including phenoxy) is 4. The predicted molar refractivity (Wildman–Crippen MR) is 220 cm³/mol. The van der Waals surface area contributed by atoms with Crippen molar-refractivity contribution in [1.29, 1.82) is 0 Å². The van der Waals surface area contributed by atoms with E-state index in [-0.39, 0.29) is 5.91 Å². The summed E-state index contributed by atoms with van der Waals surface area (Å²) in [7, 11) is -7.04. The molecule has 366 valence electrons. The van der Waals surface area contributed by atoms with Crippen molar-refractivity contribution in [3.05, 3.63) is 24.3 Å². The molecular formula is C34H53N3O23S4. The normalized spacial score (nSPS) is 30.8. The second kappa shape index (κ2) is 24.5. The molecule has 0 aromatic heterocycles. The minimum Gasteiger partial charge on any atom is -0.479 e. The standard InChI is InChI=1S/C34H53N3O23S4/c1-15(38)36-23-29(58-34-31(60-64(52,53)54)28(46)27(45)30(59-34)32(47)48)26(44)21(14-56-63(49,50)51)57-33(23)55-13-20(40)25(43)24(42)19(39)12-35-16-5-4-6-17(11-16)37-22(41)8-3-2-7-18-9-10-61-62-18/h4-6,11,18-21,23-31,33-35,39-40,42-46H,2-3,7-10,12-14H2,1H3,(H,36,38)(H,37,41)(H,47,48)(H,49,50,51)(H,52,53,54)/t18?,19-,20+,21+,23+,24+,25+,26-,27-,28-,29+,30-,31+,33-,34+/m0/s1. The molecule has 3 heterocycles. The van der Waals surface area contributed by atoms with Crippen LogP contribution in [0.4, 0.5) is 11.4 Å². The molecule has 2 amide bonds. The van der Waals surface area contributed by atoms with Crippen LogP contribution in [0.15, 0.2) is 24.3 Å². The Morgan fingerprint density at radius 2 is 1.58 bits per heavy atom. The van der Waals surface area contributed by atoms with Gasteiger partial charge in [-0.3, -0.25) is 18.7 Å². The van der Waals surface area contributed by atoms with Crippen molar-refractivity contribution in [2.24, 2.45) is 0 Å². The molecule has 0 aliphatic carbocycles. The van der Waals surface area contributed by atoms with Crippen molar-refractivity contribution in [2.75, 3.05) is 36.1 Å². The zero-order chi connectivity index (χ0) is 47.5. The third-order valence-corrected chi connectivity index (χ3v) is 13.8. The van der Waals surface area contributed by atoms with Crippen molar-refractivity contribution in [3.63, 3.8) is 0 Å². The van der Waals surface area contributed by atoms with Gasteiger partial charge in [0.05, 0.1) is 19.3 Å². The van der Waals surface area contributed by atoms with E-state index in [0.717, 1.165) is 38.4 Å². The quantitative estimate of drug-likeness (QED) is 0.0274. The maximum absolute atomic E-state index is 12.5. The van der Waals surface area contributed by atoms with Crippen LogP contribution in [0, 0.1) is 0 Å². The van der Waals surface area contributed by atoms with E-state index in [1.165, 1.54) is 0 Å². The fraction of sp³-hybridized carbons (Fsp3) is 0.735. The van der Waals surface area contributed by atoms with Crippen LogP contribution in [0.2, 0.25) is 0 Å². The molecule has 3 fully saturated rings. The van der Waals surface area contributed by atoms with Gasteiger partial charge in [0.2, 0.25) is 11.8 Å². The number of hydrogen-bond donors (Lipinski definition) is 13. The fourth-order valence-corrected chi connectivity index (χ4v) is 10.5. The molecule has 26 nitrogen and oxygen atoms in total. The van der Waals surface area contributed by atoms with E-state index < -0.39 is 138 Å². The SMILES string of the molecule is CC(=O)N[C@H]1[C@@H](OC[C@@H](O)[C@@H](O)[C@H](O)[C@@H](O)CNc2cccc(NC(=O)CCCCC3CCSS3)c2)O[C@H](COS(=O)(=O)O)[C@H](O)[C@@H]1O[C@@H]1O[C@H](C(=O)O)[C@@H](O)[C@H](O)[C@H]1OS(=O)(=O)O.